The molecule has 27 heavy (non-hydrogen) atoms. The van der Waals surface area contributed by atoms with Crippen LogP contribution in [0.2, 0.25) is 0 Å². The molecule has 132 valence electrons. The lowest BCUT2D eigenvalue weighted by molar-refractivity contribution is -0.119. The summed E-state index contributed by atoms with van der Waals surface area (Å²) in [4.78, 5) is 14.7. The highest BCUT2D eigenvalue weighted by Crippen LogP contribution is 2.26. The molecule has 3 heteroatoms. The van der Waals surface area contributed by atoms with Gasteiger partial charge < -0.3 is 4.74 Å². The van der Waals surface area contributed by atoms with E-state index < -0.39 is 0 Å². The zero-order valence-corrected chi connectivity index (χ0v) is 14.8. The van der Waals surface area contributed by atoms with Crippen molar-refractivity contribution in [2.24, 2.45) is 0 Å². The van der Waals surface area contributed by atoms with Crippen LogP contribution in [0.25, 0.3) is 10.8 Å². The van der Waals surface area contributed by atoms with Crippen molar-refractivity contribution in [2.75, 3.05) is 11.5 Å². The first-order chi connectivity index (χ1) is 13.3. The average Bonchev–Trinajstić information content (AvgIpc) is 2.74. The van der Waals surface area contributed by atoms with E-state index in [4.69, 9.17) is 4.74 Å². The summed E-state index contributed by atoms with van der Waals surface area (Å²) in [5, 5.41) is 2.23. The van der Waals surface area contributed by atoms with Gasteiger partial charge in [0.1, 0.15) is 5.75 Å². The van der Waals surface area contributed by atoms with Gasteiger partial charge in [0.25, 0.3) is 5.91 Å². The van der Waals surface area contributed by atoms with Crippen LogP contribution in [0.4, 0.5) is 11.4 Å². The number of hydrogen-bond donors (Lipinski definition) is 0. The zero-order valence-electron chi connectivity index (χ0n) is 14.8. The third-order valence-electron chi connectivity index (χ3n) is 4.36. The monoisotopic (exact) mass is 353 g/mol. The van der Waals surface area contributed by atoms with Crippen LogP contribution in [0.3, 0.4) is 0 Å². The van der Waals surface area contributed by atoms with Crippen LogP contribution in [-0.4, -0.2) is 12.5 Å². The minimum atomic E-state index is -0.124. The predicted octanol–water partition coefficient (Wildman–Crippen LogP) is 5.58. The fourth-order valence-electron chi connectivity index (χ4n) is 3.06. The number of carbonyl (C=O) groups is 1. The summed E-state index contributed by atoms with van der Waals surface area (Å²) in [7, 11) is 0. The highest BCUT2D eigenvalue weighted by Gasteiger charge is 2.18. The van der Waals surface area contributed by atoms with Gasteiger partial charge in [0.15, 0.2) is 6.61 Å². The molecule has 4 aromatic rings. The number of ether oxygens (including phenoxy) is 1. The maximum atomic E-state index is 13.0. The molecule has 3 nitrogen and oxygen atoms in total. The van der Waals surface area contributed by atoms with Crippen molar-refractivity contribution in [1.82, 2.24) is 0 Å². The molecular weight excluding hydrogens is 334 g/mol. The molecule has 0 N–H and O–H groups in total. The van der Waals surface area contributed by atoms with Crippen molar-refractivity contribution in [3.63, 3.8) is 0 Å². The topological polar surface area (TPSA) is 29.5 Å². The van der Waals surface area contributed by atoms with E-state index in [1.165, 1.54) is 0 Å². The van der Waals surface area contributed by atoms with E-state index in [2.05, 4.69) is 6.07 Å². The number of para-hydroxylation sites is 2. The minimum absolute atomic E-state index is 0.0396. The molecule has 4 aromatic carbocycles. The third-order valence-corrected chi connectivity index (χ3v) is 4.36. The Bertz CT molecular complexity index is 1010. The van der Waals surface area contributed by atoms with E-state index >= 15 is 0 Å². The SMILES string of the molecule is O=C(COc1ccc2ccccc2c1)N(c1ccccc1)c1ccccc1. The molecule has 0 aliphatic heterocycles. The van der Waals surface area contributed by atoms with E-state index in [1.54, 1.807) is 4.90 Å². The van der Waals surface area contributed by atoms with Gasteiger partial charge in [0, 0.05) is 11.4 Å². The zero-order chi connectivity index (χ0) is 18.5. The second-order valence-electron chi connectivity index (χ2n) is 6.20. The Morgan fingerprint density at radius 3 is 1.85 bits per heavy atom. The number of nitrogens with zero attached hydrogens (tertiary/aromatic N) is 1. The summed E-state index contributed by atoms with van der Waals surface area (Å²) in [6.45, 7) is -0.0396. The van der Waals surface area contributed by atoms with Crippen LogP contribution in [0.15, 0.2) is 103 Å². The van der Waals surface area contributed by atoms with E-state index in [-0.39, 0.29) is 12.5 Å². The Labute approximate surface area is 158 Å². The van der Waals surface area contributed by atoms with Crippen LogP contribution in [0, 0.1) is 0 Å². The number of hydrogen-bond acceptors (Lipinski definition) is 2. The number of rotatable bonds is 5. The highest BCUT2D eigenvalue weighted by atomic mass is 16.5. The van der Waals surface area contributed by atoms with Crippen LogP contribution < -0.4 is 9.64 Å². The quantitative estimate of drug-likeness (QED) is 0.468. The van der Waals surface area contributed by atoms with Crippen molar-refractivity contribution in [2.45, 2.75) is 0 Å². The van der Waals surface area contributed by atoms with Crippen LogP contribution in [-0.2, 0) is 4.79 Å². The molecule has 0 saturated carbocycles. The van der Waals surface area contributed by atoms with Crippen LogP contribution in [0.1, 0.15) is 0 Å². The van der Waals surface area contributed by atoms with Crippen molar-refractivity contribution < 1.29 is 9.53 Å². The molecule has 1 amide bonds. The van der Waals surface area contributed by atoms with Gasteiger partial charge in [-0.2, -0.15) is 0 Å². The number of carbonyl (C=O) groups excluding carboxylic acids is 1. The molecule has 0 aromatic heterocycles. The molecule has 0 bridgehead atoms. The normalized spacial score (nSPS) is 10.5. The van der Waals surface area contributed by atoms with Gasteiger partial charge in [-0.3, -0.25) is 9.69 Å². The summed E-state index contributed by atoms with van der Waals surface area (Å²) >= 11 is 0. The summed E-state index contributed by atoms with van der Waals surface area (Å²) in [5.41, 5.74) is 1.63. The molecule has 0 aliphatic carbocycles. The summed E-state index contributed by atoms with van der Waals surface area (Å²) in [6.07, 6.45) is 0. The van der Waals surface area contributed by atoms with Gasteiger partial charge in [-0.1, -0.05) is 66.7 Å². The van der Waals surface area contributed by atoms with Gasteiger partial charge in [-0.15, -0.1) is 0 Å². The Hall–Kier alpha value is -3.59. The number of benzene rings is 4. The van der Waals surface area contributed by atoms with Crippen LogP contribution >= 0.6 is 0 Å². The van der Waals surface area contributed by atoms with Gasteiger partial charge in [0.2, 0.25) is 0 Å². The summed E-state index contributed by atoms with van der Waals surface area (Å²) in [5.74, 6) is 0.559. The lowest BCUT2D eigenvalue weighted by atomic mass is 10.1. The van der Waals surface area contributed by atoms with Gasteiger partial charge in [0.05, 0.1) is 0 Å². The van der Waals surface area contributed by atoms with E-state index in [0.717, 1.165) is 22.1 Å². The molecule has 0 atom stereocenters. The summed E-state index contributed by atoms with van der Waals surface area (Å²) < 4.78 is 5.81. The largest absolute Gasteiger partial charge is 0.484 e. The molecule has 0 spiro atoms. The first-order valence-corrected chi connectivity index (χ1v) is 8.86. The molecule has 0 aliphatic rings. The molecule has 0 radical (unpaired) electrons. The standard InChI is InChI=1S/C24H19NO2/c26-24(18-27-23-16-15-19-9-7-8-10-20(19)17-23)25(21-11-3-1-4-12-21)22-13-5-2-6-14-22/h1-17H,18H2. The lowest BCUT2D eigenvalue weighted by Crippen LogP contribution is -2.30. The van der Waals surface area contributed by atoms with Gasteiger partial charge in [-0.05, 0) is 47.2 Å². The average molecular weight is 353 g/mol. The van der Waals surface area contributed by atoms with E-state index in [1.807, 2.05) is 97.1 Å². The smallest absolute Gasteiger partial charge is 0.269 e. The predicted molar refractivity (Wildman–Crippen MR) is 109 cm³/mol. The Morgan fingerprint density at radius 1 is 0.667 bits per heavy atom. The third kappa shape index (κ3) is 3.82. The fourth-order valence-corrected chi connectivity index (χ4v) is 3.06. The second-order valence-corrected chi connectivity index (χ2v) is 6.20. The highest BCUT2D eigenvalue weighted by molar-refractivity contribution is 6.01. The number of anilines is 2. The number of amides is 1. The van der Waals surface area contributed by atoms with E-state index in [0.29, 0.717) is 5.75 Å². The van der Waals surface area contributed by atoms with Gasteiger partial charge >= 0.3 is 0 Å². The second kappa shape index (κ2) is 7.75. The molecule has 0 saturated heterocycles. The minimum Gasteiger partial charge on any atom is -0.484 e. The van der Waals surface area contributed by atoms with Crippen molar-refractivity contribution >= 4 is 28.1 Å². The first kappa shape index (κ1) is 16.9. The molecule has 4 rings (SSSR count). The number of fused-ring (bicyclic) bond motifs is 1. The van der Waals surface area contributed by atoms with Crippen LogP contribution in [0.5, 0.6) is 5.75 Å². The molecule has 0 unspecified atom stereocenters. The Balaban J connectivity index is 1.56. The lowest BCUT2D eigenvalue weighted by Gasteiger charge is -2.23. The maximum absolute atomic E-state index is 13.0. The molecule has 0 heterocycles. The van der Waals surface area contributed by atoms with Crippen molar-refractivity contribution in [3.8, 4) is 5.75 Å². The fraction of sp³-hybridized carbons (Fsp3) is 0.0417. The first-order valence-electron chi connectivity index (χ1n) is 8.86. The summed E-state index contributed by atoms with van der Waals surface area (Å²) in [6, 6.07) is 33.1. The van der Waals surface area contributed by atoms with Crippen molar-refractivity contribution in [1.29, 1.82) is 0 Å². The Kier molecular flexibility index (Phi) is 4.84. The van der Waals surface area contributed by atoms with Gasteiger partial charge in [-0.25, -0.2) is 0 Å². The maximum Gasteiger partial charge on any atom is 0.269 e. The molecule has 0 fully saturated rings. The molecular formula is C24H19NO2. The van der Waals surface area contributed by atoms with E-state index in [9.17, 15) is 4.79 Å². The Morgan fingerprint density at radius 2 is 1.22 bits per heavy atom. The van der Waals surface area contributed by atoms with Crippen molar-refractivity contribution in [3.05, 3.63) is 103 Å².